The lowest BCUT2D eigenvalue weighted by atomic mass is 10.0. The fourth-order valence-corrected chi connectivity index (χ4v) is 3.29. The molecule has 1 atom stereocenters. The molecule has 1 aromatic carbocycles. The molecule has 0 bridgehead atoms. The number of hydrogen-bond donors (Lipinski definition) is 4. The van der Waals surface area contributed by atoms with Crippen LogP contribution in [0.1, 0.15) is 11.1 Å². The van der Waals surface area contributed by atoms with Gasteiger partial charge in [-0.1, -0.05) is 18.2 Å². The van der Waals surface area contributed by atoms with Gasteiger partial charge in [-0.15, -0.1) is 0 Å². The molecule has 0 saturated heterocycles. The summed E-state index contributed by atoms with van der Waals surface area (Å²) in [5.41, 5.74) is 9.84. The van der Waals surface area contributed by atoms with Gasteiger partial charge < -0.3 is 21.0 Å². The van der Waals surface area contributed by atoms with Gasteiger partial charge in [-0.3, -0.25) is 4.79 Å². The Kier molecular flexibility index (Phi) is 4.72. The third-order valence-corrected chi connectivity index (χ3v) is 4.67. The number of pyridine rings is 1. The van der Waals surface area contributed by atoms with Gasteiger partial charge in [0, 0.05) is 59.1 Å². The number of H-pyrrole nitrogens is 2. The second-order valence-electron chi connectivity index (χ2n) is 6.48. The molecule has 4 aromatic rings. The van der Waals surface area contributed by atoms with Gasteiger partial charge in [0.2, 0.25) is 5.91 Å². The standard InChI is InChI=1S/C21H21N5O/c22-11-16(10-15-13-24-19-6-2-1-4-17(15)19)26-20(27)8-7-14-12-25-21-18(14)5-3-9-23-21/h1-9,12-13,16,24H,10-11,22H2,(H,23,25)(H,26,27)/t16-/m0/s1. The predicted octanol–water partition coefficient (Wildman–Crippen LogP) is 2.74. The van der Waals surface area contributed by atoms with Crippen molar-refractivity contribution in [2.75, 3.05) is 6.54 Å². The lowest BCUT2D eigenvalue weighted by Gasteiger charge is -2.15. The number of nitrogens with two attached hydrogens (primary N) is 1. The molecular formula is C21H21N5O. The van der Waals surface area contributed by atoms with Crippen molar-refractivity contribution < 1.29 is 4.79 Å². The van der Waals surface area contributed by atoms with Gasteiger partial charge in [-0.05, 0) is 36.3 Å². The average Bonchev–Trinajstić information content (AvgIpc) is 3.30. The highest BCUT2D eigenvalue weighted by molar-refractivity contribution is 5.95. The van der Waals surface area contributed by atoms with Gasteiger partial charge >= 0.3 is 0 Å². The summed E-state index contributed by atoms with van der Waals surface area (Å²) in [6, 6.07) is 11.8. The van der Waals surface area contributed by atoms with Crippen molar-refractivity contribution >= 4 is 33.9 Å². The number of carbonyl (C=O) groups is 1. The zero-order chi connectivity index (χ0) is 18.6. The Morgan fingerprint density at radius 3 is 2.89 bits per heavy atom. The SMILES string of the molecule is NC[C@H](Cc1c[nH]c2ccccc12)NC(=O)C=Cc1c[nH]c2ncccc12. The first-order valence-corrected chi connectivity index (χ1v) is 8.90. The summed E-state index contributed by atoms with van der Waals surface area (Å²) in [5.74, 6) is -0.163. The monoisotopic (exact) mass is 359 g/mol. The Morgan fingerprint density at radius 2 is 2.00 bits per heavy atom. The van der Waals surface area contributed by atoms with Crippen LogP contribution >= 0.6 is 0 Å². The molecule has 6 heteroatoms. The Balaban J connectivity index is 1.44. The number of aromatic nitrogens is 3. The van der Waals surface area contributed by atoms with E-state index in [9.17, 15) is 4.79 Å². The van der Waals surface area contributed by atoms with E-state index in [1.807, 2.05) is 42.7 Å². The van der Waals surface area contributed by atoms with Crippen molar-refractivity contribution in [3.05, 3.63) is 72.2 Å². The highest BCUT2D eigenvalue weighted by Crippen LogP contribution is 2.19. The molecule has 3 heterocycles. The third-order valence-electron chi connectivity index (χ3n) is 4.67. The minimum atomic E-state index is -0.163. The largest absolute Gasteiger partial charge is 0.361 e. The summed E-state index contributed by atoms with van der Waals surface area (Å²) in [4.78, 5) is 22.9. The highest BCUT2D eigenvalue weighted by Gasteiger charge is 2.13. The first-order chi connectivity index (χ1) is 13.2. The second-order valence-corrected chi connectivity index (χ2v) is 6.48. The molecule has 0 spiro atoms. The number of nitrogens with one attached hydrogen (secondary N) is 3. The summed E-state index contributed by atoms with van der Waals surface area (Å²) in [6.45, 7) is 0.371. The summed E-state index contributed by atoms with van der Waals surface area (Å²) in [5, 5.41) is 5.13. The van der Waals surface area contributed by atoms with Gasteiger partial charge in [-0.25, -0.2) is 4.98 Å². The maximum Gasteiger partial charge on any atom is 0.244 e. The molecule has 0 saturated carbocycles. The van der Waals surface area contributed by atoms with Crippen LogP contribution in [0.2, 0.25) is 0 Å². The van der Waals surface area contributed by atoms with E-state index < -0.39 is 0 Å². The van der Waals surface area contributed by atoms with E-state index in [0.717, 1.165) is 33.1 Å². The Bertz CT molecular complexity index is 1110. The van der Waals surface area contributed by atoms with Crippen LogP contribution in [0.15, 0.2) is 61.1 Å². The molecule has 5 N–H and O–H groups in total. The maximum atomic E-state index is 12.3. The fourth-order valence-electron chi connectivity index (χ4n) is 3.29. The molecular weight excluding hydrogens is 338 g/mol. The number of amides is 1. The van der Waals surface area contributed by atoms with E-state index in [4.69, 9.17) is 5.73 Å². The number of benzene rings is 1. The van der Waals surface area contributed by atoms with Crippen LogP contribution in [-0.2, 0) is 11.2 Å². The van der Waals surface area contributed by atoms with Crippen molar-refractivity contribution in [3.8, 4) is 0 Å². The molecule has 0 aliphatic heterocycles. The minimum absolute atomic E-state index is 0.133. The van der Waals surface area contributed by atoms with E-state index >= 15 is 0 Å². The van der Waals surface area contributed by atoms with Gasteiger partial charge in [0.15, 0.2) is 0 Å². The molecule has 136 valence electrons. The van der Waals surface area contributed by atoms with Gasteiger partial charge in [-0.2, -0.15) is 0 Å². The Hall–Kier alpha value is -3.38. The number of rotatable bonds is 6. The number of hydrogen-bond acceptors (Lipinski definition) is 3. The summed E-state index contributed by atoms with van der Waals surface area (Å²) in [7, 11) is 0. The van der Waals surface area contributed by atoms with E-state index in [2.05, 4.69) is 26.3 Å². The zero-order valence-electron chi connectivity index (χ0n) is 14.8. The molecule has 0 radical (unpaired) electrons. The van der Waals surface area contributed by atoms with E-state index in [1.54, 1.807) is 12.3 Å². The van der Waals surface area contributed by atoms with E-state index in [1.165, 1.54) is 6.08 Å². The van der Waals surface area contributed by atoms with Crippen LogP contribution in [0.3, 0.4) is 0 Å². The van der Waals surface area contributed by atoms with Crippen LogP contribution in [0.5, 0.6) is 0 Å². The highest BCUT2D eigenvalue weighted by atomic mass is 16.1. The molecule has 0 aliphatic rings. The van der Waals surface area contributed by atoms with Gasteiger partial charge in [0.25, 0.3) is 0 Å². The summed E-state index contributed by atoms with van der Waals surface area (Å²) in [6.07, 6.45) is 9.55. The lowest BCUT2D eigenvalue weighted by molar-refractivity contribution is -0.117. The van der Waals surface area contributed by atoms with Crippen molar-refractivity contribution in [1.29, 1.82) is 0 Å². The third kappa shape index (κ3) is 3.61. The normalized spacial score (nSPS) is 12.8. The molecule has 4 rings (SSSR count). The second kappa shape index (κ2) is 7.47. The predicted molar refractivity (Wildman–Crippen MR) is 108 cm³/mol. The molecule has 0 aliphatic carbocycles. The molecule has 1 amide bonds. The molecule has 6 nitrogen and oxygen atoms in total. The van der Waals surface area contributed by atoms with E-state index in [-0.39, 0.29) is 11.9 Å². The van der Waals surface area contributed by atoms with Crippen molar-refractivity contribution in [1.82, 2.24) is 20.3 Å². The minimum Gasteiger partial charge on any atom is -0.361 e. The first kappa shape index (κ1) is 17.1. The van der Waals surface area contributed by atoms with Crippen LogP contribution in [0, 0.1) is 0 Å². The Labute approximate surface area is 156 Å². The molecule has 0 fully saturated rings. The Morgan fingerprint density at radius 1 is 1.15 bits per heavy atom. The first-order valence-electron chi connectivity index (χ1n) is 8.90. The number of fused-ring (bicyclic) bond motifs is 2. The van der Waals surface area contributed by atoms with Gasteiger partial charge in [0.1, 0.15) is 5.65 Å². The van der Waals surface area contributed by atoms with Crippen molar-refractivity contribution in [3.63, 3.8) is 0 Å². The maximum absolute atomic E-state index is 12.3. The van der Waals surface area contributed by atoms with Crippen LogP contribution < -0.4 is 11.1 Å². The van der Waals surface area contributed by atoms with E-state index in [0.29, 0.717) is 13.0 Å². The average molecular weight is 359 g/mol. The van der Waals surface area contributed by atoms with Gasteiger partial charge in [0.05, 0.1) is 0 Å². The van der Waals surface area contributed by atoms with Crippen molar-refractivity contribution in [2.45, 2.75) is 12.5 Å². The number of para-hydroxylation sites is 1. The number of aromatic amines is 2. The van der Waals surface area contributed by atoms with Crippen LogP contribution in [0.25, 0.3) is 28.0 Å². The van der Waals surface area contributed by atoms with Crippen molar-refractivity contribution in [2.24, 2.45) is 5.73 Å². The summed E-state index contributed by atoms with van der Waals surface area (Å²) < 4.78 is 0. The zero-order valence-corrected chi connectivity index (χ0v) is 14.8. The topological polar surface area (TPSA) is 99.6 Å². The van der Waals surface area contributed by atoms with Crippen LogP contribution in [-0.4, -0.2) is 33.4 Å². The molecule has 0 unspecified atom stereocenters. The quantitative estimate of drug-likeness (QED) is 0.398. The fraction of sp³-hybridized carbons (Fsp3) is 0.143. The summed E-state index contributed by atoms with van der Waals surface area (Å²) >= 11 is 0. The lowest BCUT2D eigenvalue weighted by Crippen LogP contribution is -2.40. The number of nitrogens with zero attached hydrogens (tertiary/aromatic N) is 1. The smallest absolute Gasteiger partial charge is 0.244 e. The molecule has 3 aromatic heterocycles. The van der Waals surface area contributed by atoms with Crippen LogP contribution in [0.4, 0.5) is 0 Å². The molecule has 27 heavy (non-hydrogen) atoms. The number of carbonyl (C=O) groups excluding carboxylic acids is 1.